The number of anilines is 1. The van der Waals surface area contributed by atoms with E-state index in [-0.39, 0.29) is 18.4 Å². The van der Waals surface area contributed by atoms with Gasteiger partial charge in [0.05, 0.1) is 12.8 Å². The maximum atomic E-state index is 13.9. The standard InChI is InChI=1S/C28H28N4O3/c1-4-20-7-5-8-22(15-20)32-26(33)24-16-23(25-9-6-14-35-25)30-31(24)18-28(32,3)27(34)29-17-21-12-10-19(2)11-13-21/h5-16H,4,17-18H2,1-3H3,(H,29,34)/t28-/m0/s1. The summed E-state index contributed by atoms with van der Waals surface area (Å²) in [6.07, 6.45) is 2.40. The van der Waals surface area contributed by atoms with Crippen LogP contribution in [0.5, 0.6) is 0 Å². The van der Waals surface area contributed by atoms with Gasteiger partial charge in [0.2, 0.25) is 5.91 Å². The Morgan fingerprint density at radius 2 is 1.89 bits per heavy atom. The lowest BCUT2D eigenvalue weighted by Crippen LogP contribution is -2.64. The largest absolute Gasteiger partial charge is 0.463 e. The van der Waals surface area contributed by atoms with Crippen LogP contribution in [-0.2, 0) is 24.3 Å². The molecule has 0 spiro atoms. The summed E-state index contributed by atoms with van der Waals surface area (Å²) in [4.78, 5) is 29.2. The van der Waals surface area contributed by atoms with Crippen molar-refractivity contribution in [3.05, 3.63) is 95.4 Å². The van der Waals surface area contributed by atoms with Gasteiger partial charge in [0.25, 0.3) is 5.91 Å². The molecule has 7 nitrogen and oxygen atoms in total. The van der Waals surface area contributed by atoms with Crippen molar-refractivity contribution in [2.75, 3.05) is 4.90 Å². The first-order valence-electron chi connectivity index (χ1n) is 11.8. The number of furan rings is 1. The number of carbonyl (C=O) groups is 2. The lowest BCUT2D eigenvalue weighted by atomic mass is 9.93. The normalized spacial score (nSPS) is 17.3. The average Bonchev–Trinajstić information content (AvgIpc) is 3.54. The van der Waals surface area contributed by atoms with Crippen molar-refractivity contribution in [2.45, 2.75) is 45.8 Å². The summed E-state index contributed by atoms with van der Waals surface area (Å²) < 4.78 is 7.11. The van der Waals surface area contributed by atoms with E-state index in [0.29, 0.717) is 29.4 Å². The van der Waals surface area contributed by atoms with Crippen LogP contribution in [0.4, 0.5) is 5.69 Å². The Morgan fingerprint density at radius 3 is 2.60 bits per heavy atom. The summed E-state index contributed by atoms with van der Waals surface area (Å²) in [7, 11) is 0. The molecule has 0 saturated carbocycles. The molecule has 0 aliphatic carbocycles. The first-order chi connectivity index (χ1) is 16.9. The van der Waals surface area contributed by atoms with Crippen LogP contribution in [0.15, 0.2) is 77.4 Å². The third kappa shape index (κ3) is 4.14. The molecule has 0 radical (unpaired) electrons. The van der Waals surface area contributed by atoms with E-state index < -0.39 is 5.54 Å². The van der Waals surface area contributed by atoms with Gasteiger partial charge in [-0.25, -0.2) is 0 Å². The minimum atomic E-state index is -1.19. The average molecular weight is 469 g/mol. The van der Waals surface area contributed by atoms with Crippen molar-refractivity contribution in [2.24, 2.45) is 0 Å². The fourth-order valence-electron chi connectivity index (χ4n) is 4.52. The van der Waals surface area contributed by atoms with Crippen LogP contribution in [0.3, 0.4) is 0 Å². The molecule has 0 saturated heterocycles. The number of hydrogen-bond acceptors (Lipinski definition) is 4. The number of nitrogens with one attached hydrogen (secondary N) is 1. The number of fused-ring (bicyclic) bond motifs is 1. The zero-order valence-corrected chi connectivity index (χ0v) is 20.1. The number of rotatable bonds is 6. The third-order valence-electron chi connectivity index (χ3n) is 6.57. The topological polar surface area (TPSA) is 80.4 Å². The van der Waals surface area contributed by atoms with E-state index in [4.69, 9.17) is 4.42 Å². The fraction of sp³-hybridized carbons (Fsp3) is 0.250. The van der Waals surface area contributed by atoms with Crippen LogP contribution in [-0.4, -0.2) is 27.1 Å². The van der Waals surface area contributed by atoms with Gasteiger partial charge in [-0.1, -0.05) is 48.9 Å². The van der Waals surface area contributed by atoms with Crippen LogP contribution in [0.1, 0.15) is 41.0 Å². The van der Waals surface area contributed by atoms with Crippen molar-refractivity contribution >= 4 is 17.5 Å². The van der Waals surface area contributed by atoms with Gasteiger partial charge in [-0.3, -0.25) is 19.2 Å². The summed E-state index contributed by atoms with van der Waals surface area (Å²) in [5.74, 6) is 0.0570. The van der Waals surface area contributed by atoms with Crippen molar-refractivity contribution in [1.82, 2.24) is 15.1 Å². The van der Waals surface area contributed by atoms with Crippen LogP contribution in [0, 0.1) is 6.92 Å². The summed E-state index contributed by atoms with van der Waals surface area (Å²) in [6.45, 7) is 6.47. The zero-order valence-electron chi connectivity index (χ0n) is 20.1. The second-order valence-corrected chi connectivity index (χ2v) is 9.16. The molecular weight excluding hydrogens is 440 g/mol. The predicted molar refractivity (Wildman–Crippen MR) is 134 cm³/mol. The number of amides is 2. The maximum Gasteiger partial charge on any atom is 0.277 e. The number of benzene rings is 2. The SMILES string of the molecule is CCc1cccc(N2C(=O)c3cc(-c4ccco4)nn3C[C@@]2(C)C(=O)NCc2ccc(C)cc2)c1. The van der Waals surface area contributed by atoms with Gasteiger partial charge >= 0.3 is 0 Å². The summed E-state index contributed by atoms with van der Waals surface area (Å²) in [6, 6.07) is 21.1. The Balaban J connectivity index is 1.53. The molecule has 0 bridgehead atoms. The molecule has 5 rings (SSSR count). The van der Waals surface area contributed by atoms with Crippen LogP contribution < -0.4 is 10.2 Å². The van der Waals surface area contributed by atoms with Gasteiger partial charge in [-0.2, -0.15) is 5.10 Å². The third-order valence-corrected chi connectivity index (χ3v) is 6.57. The Morgan fingerprint density at radius 1 is 1.09 bits per heavy atom. The Bertz CT molecular complexity index is 1370. The smallest absolute Gasteiger partial charge is 0.277 e. The number of carbonyl (C=O) groups excluding carboxylic acids is 2. The van der Waals surface area contributed by atoms with Gasteiger partial charge in [-0.15, -0.1) is 0 Å². The summed E-state index contributed by atoms with van der Waals surface area (Å²) in [5.41, 5.74) is 3.72. The lowest BCUT2D eigenvalue weighted by molar-refractivity contribution is -0.126. The number of aromatic nitrogens is 2. The van der Waals surface area contributed by atoms with E-state index in [0.717, 1.165) is 23.1 Å². The van der Waals surface area contributed by atoms with E-state index in [1.807, 2.05) is 55.5 Å². The van der Waals surface area contributed by atoms with Crippen LogP contribution >= 0.6 is 0 Å². The maximum absolute atomic E-state index is 13.9. The predicted octanol–water partition coefficient (Wildman–Crippen LogP) is 4.75. The molecular formula is C28H28N4O3. The van der Waals surface area contributed by atoms with Gasteiger partial charge in [0.15, 0.2) is 5.76 Å². The molecule has 3 heterocycles. The van der Waals surface area contributed by atoms with Crippen molar-refractivity contribution in [3.8, 4) is 11.5 Å². The van der Waals surface area contributed by atoms with E-state index in [9.17, 15) is 9.59 Å². The highest BCUT2D eigenvalue weighted by molar-refractivity contribution is 6.12. The van der Waals surface area contributed by atoms with Gasteiger partial charge < -0.3 is 9.73 Å². The molecule has 0 fully saturated rings. The molecule has 178 valence electrons. The molecule has 1 aliphatic rings. The van der Waals surface area contributed by atoms with E-state index in [1.165, 1.54) is 0 Å². The number of aryl methyl sites for hydroxylation is 2. The first kappa shape index (κ1) is 22.7. The first-order valence-corrected chi connectivity index (χ1v) is 11.8. The van der Waals surface area contributed by atoms with Crippen LogP contribution in [0.2, 0.25) is 0 Å². The fourth-order valence-corrected chi connectivity index (χ4v) is 4.52. The molecule has 1 atom stereocenters. The highest BCUT2D eigenvalue weighted by atomic mass is 16.3. The highest BCUT2D eigenvalue weighted by Crippen LogP contribution is 2.34. The molecule has 2 aromatic heterocycles. The quantitative estimate of drug-likeness (QED) is 0.443. The molecule has 2 amide bonds. The Kier molecular flexibility index (Phi) is 5.76. The second kappa shape index (κ2) is 8.91. The van der Waals surface area contributed by atoms with Gasteiger partial charge in [0.1, 0.15) is 16.9 Å². The van der Waals surface area contributed by atoms with Crippen molar-refractivity contribution in [1.29, 1.82) is 0 Å². The minimum Gasteiger partial charge on any atom is -0.463 e. The number of nitrogens with zero attached hydrogens (tertiary/aromatic N) is 3. The number of hydrogen-bond donors (Lipinski definition) is 1. The molecule has 35 heavy (non-hydrogen) atoms. The molecule has 0 unspecified atom stereocenters. The van der Waals surface area contributed by atoms with E-state index >= 15 is 0 Å². The summed E-state index contributed by atoms with van der Waals surface area (Å²) in [5, 5.41) is 7.66. The highest BCUT2D eigenvalue weighted by Gasteiger charge is 2.49. The molecule has 4 aromatic rings. The van der Waals surface area contributed by atoms with E-state index in [1.54, 1.807) is 41.0 Å². The Hall–Kier alpha value is -4.13. The molecule has 2 aromatic carbocycles. The van der Waals surface area contributed by atoms with Crippen molar-refractivity contribution in [3.63, 3.8) is 0 Å². The Labute approximate surface area is 204 Å². The van der Waals surface area contributed by atoms with Crippen molar-refractivity contribution < 1.29 is 14.0 Å². The summed E-state index contributed by atoms with van der Waals surface area (Å²) >= 11 is 0. The molecule has 7 heteroatoms. The van der Waals surface area contributed by atoms with Gasteiger partial charge in [0, 0.05) is 18.3 Å². The zero-order chi connectivity index (χ0) is 24.6. The molecule has 1 N–H and O–H groups in total. The second-order valence-electron chi connectivity index (χ2n) is 9.16. The van der Waals surface area contributed by atoms with Gasteiger partial charge in [-0.05, 0) is 55.7 Å². The van der Waals surface area contributed by atoms with E-state index in [2.05, 4.69) is 17.3 Å². The minimum absolute atomic E-state index is 0.213. The van der Waals surface area contributed by atoms with Crippen LogP contribution in [0.25, 0.3) is 11.5 Å². The lowest BCUT2D eigenvalue weighted by Gasteiger charge is -2.43. The monoisotopic (exact) mass is 468 g/mol. The molecule has 1 aliphatic heterocycles.